The average Bonchev–Trinajstić information content (AvgIpc) is 2.75. The third-order valence-electron chi connectivity index (χ3n) is 4.94. The fourth-order valence-electron chi connectivity index (χ4n) is 3.18. The first kappa shape index (κ1) is 21.7. The van der Waals surface area contributed by atoms with E-state index in [1.165, 1.54) is 31.3 Å². The number of hydrogen-bond acceptors (Lipinski definition) is 6. The van der Waals surface area contributed by atoms with Crippen molar-refractivity contribution in [1.82, 2.24) is 4.57 Å². The molecular formula is C22H17ClN4O4. The normalized spacial score (nSPS) is 11.9. The highest BCUT2D eigenvalue weighted by Crippen LogP contribution is 2.31. The number of nitrogens with zero attached hydrogens (tertiary/aromatic N) is 4. The number of halogens is 1. The Morgan fingerprint density at radius 3 is 2.55 bits per heavy atom. The van der Waals surface area contributed by atoms with E-state index in [9.17, 15) is 25.3 Å². The SMILES string of the molecule is Cc1c(C=Nc2ccc([N+](=O)[O-])cc2Cl)c(O)n(C(C)c2ccccc2)c(=O)c1C#N. The van der Waals surface area contributed by atoms with Gasteiger partial charge in [-0.1, -0.05) is 41.9 Å². The Morgan fingerprint density at radius 2 is 1.97 bits per heavy atom. The van der Waals surface area contributed by atoms with E-state index in [-0.39, 0.29) is 39.0 Å². The third kappa shape index (κ3) is 4.17. The van der Waals surface area contributed by atoms with E-state index in [1.807, 2.05) is 36.4 Å². The van der Waals surface area contributed by atoms with Gasteiger partial charge in [-0.2, -0.15) is 5.26 Å². The number of hydrogen-bond donors (Lipinski definition) is 1. The summed E-state index contributed by atoms with van der Waals surface area (Å²) in [6.07, 6.45) is 1.28. The van der Waals surface area contributed by atoms with Gasteiger partial charge in [0, 0.05) is 18.3 Å². The first-order valence-corrected chi connectivity index (χ1v) is 9.55. The van der Waals surface area contributed by atoms with Crippen molar-refractivity contribution in [3.8, 4) is 11.9 Å². The standard InChI is InChI=1S/C22H17ClN4O4/c1-13-17(11-24)21(28)26(14(2)15-6-4-3-5-7-15)22(29)18(13)12-25-20-9-8-16(27(30)31)10-19(20)23/h3-10,12,14,29H,1-2H3. The van der Waals surface area contributed by atoms with Gasteiger partial charge in [0.25, 0.3) is 11.2 Å². The predicted molar refractivity (Wildman–Crippen MR) is 117 cm³/mol. The highest BCUT2D eigenvalue weighted by molar-refractivity contribution is 6.33. The van der Waals surface area contributed by atoms with E-state index >= 15 is 0 Å². The van der Waals surface area contributed by atoms with Crippen LogP contribution in [0.1, 0.15) is 35.2 Å². The third-order valence-corrected chi connectivity index (χ3v) is 5.24. The molecule has 0 aliphatic heterocycles. The molecule has 9 heteroatoms. The smallest absolute Gasteiger partial charge is 0.272 e. The molecule has 1 atom stereocenters. The fourth-order valence-corrected chi connectivity index (χ4v) is 3.41. The van der Waals surface area contributed by atoms with Gasteiger partial charge in [0.15, 0.2) is 0 Å². The lowest BCUT2D eigenvalue weighted by atomic mass is 10.0. The maximum atomic E-state index is 12.9. The minimum Gasteiger partial charge on any atom is -0.494 e. The van der Waals surface area contributed by atoms with Crippen LogP contribution in [0.2, 0.25) is 5.02 Å². The summed E-state index contributed by atoms with van der Waals surface area (Å²) in [5.74, 6) is -0.348. The molecule has 31 heavy (non-hydrogen) atoms. The molecule has 1 heterocycles. The zero-order valence-corrected chi connectivity index (χ0v) is 17.4. The molecule has 8 nitrogen and oxygen atoms in total. The van der Waals surface area contributed by atoms with Crippen LogP contribution >= 0.6 is 11.6 Å². The number of rotatable bonds is 5. The Hall–Kier alpha value is -3.96. The van der Waals surface area contributed by atoms with Crippen molar-refractivity contribution in [2.75, 3.05) is 0 Å². The van der Waals surface area contributed by atoms with Gasteiger partial charge in [-0.25, -0.2) is 0 Å². The number of benzene rings is 2. The van der Waals surface area contributed by atoms with E-state index in [0.29, 0.717) is 0 Å². The molecule has 0 radical (unpaired) electrons. The highest BCUT2D eigenvalue weighted by atomic mass is 35.5. The predicted octanol–water partition coefficient (Wildman–Crippen LogP) is 4.66. The molecule has 0 saturated heterocycles. The first-order valence-electron chi connectivity index (χ1n) is 9.17. The Bertz CT molecular complexity index is 1290. The molecule has 0 aliphatic rings. The maximum absolute atomic E-state index is 12.9. The zero-order chi connectivity index (χ0) is 22.7. The number of aromatic nitrogens is 1. The van der Waals surface area contributed by atoms with Crippen LogP contribution in [-0.4, -0.2) is 20.8 Å². The Morgan fingerprint density at radius 1 is 1.29 bits per heavy atom. The second-order valence-electron chi connectivity index (χ2n) is 6.76. The number of nitriles is 1. The Kier molecular flexibility index (Phi) is 6.18. The minimum absolute atomic E-state index is 0.0501. The number of pyridine rings is 1. The molecule has 1 N–H and O–H groups in total. The van der Waals surface area contributed by atoms with Gasteiger partial charge < -0.3 is 5.11 Å². The summed E-state index contributed by atoms with van der Waals surface area (Å²) in [6, 6.07) is 14.2. The van der Waals surface area contributed by atoms with Crippen LogP contribution < -0.4 is 5.56 Å². The monoisotopic (exact) mass is 436 g/mol. The van der Waals surface area contributed by atoms with Crippen molar-refractivity contribution in [3.05, 3.63) is 96.3 Å². The van der Waals surface area contributed by atoms with Crippen LogP contribution in [0.5, 0.6) is 5.88 Å². The topological polar surface area (TPSA) is 122 Å². The molecule has 0 aliphatic carbocycles. The summed E-state index contributed by atoms with van der Waals surface area (Å²) in [7, 11) is 0. The number of nitro groups is 1. The molecule has 156 valence electrons. The number of aromatic hydroxyl groups is 1. The van der Waals surface area contributed by atoms with Crippen LogP contribution in [0.4, 0.5) is 11.4 Å². The molecule has 0 spiro atoms. The lowest BCUT2D eigenvalue weighted by Crippen LogP contribution is -2.28. The van der Waals surface area contributed by atoms with Crippen molar-refractivity contribution < 1.29 is 10.0 Å². The van der Waals surface area contributed by atoms with Crippen molar-refractivity contribution >= 4 is 29.2 Å². The fraction of sp³-hybridized carbons (Fsp3) is 0.136. The van der Waals surface area contributed by atoms with E-state index in [4.69, 9.17) is 11.6 Å². The quantitative estimate of drug-likeness (QED) is 0.354. The number of aliphatic imine (C=N–C) groups is 1. The molecule has 0 fully saturated rings. The Labute approximate surface area is 182 Å². The van der Waals surface area contributed by atoms with Crippen LogP contribution in [0, 0.1) is 28.4 Å². The number of non-ortho nitro benzene ring substituents is 1. The van der Waals surface area contributed by atoms with Gasteiger partial charge in [0.2, 0.25) is 5.88 Å². The summed E-state index contributed by atoms with van der Waals surface area (Å²) in [4.78, 5) is 27.4. The summed E-state index contributed by atoms with van der Waals surface area (Å²) in [6.45, 7) is 3.27. The van der Waals surface area contributed by atoms with E-state index in [0.717, 1.165) is 10.1 Å². The van der Waals surface area contributed by atoms with E-state index in [2.05, 4.69) is 4.99 Å². The zero-order valence-electron chi connectivity index (χ0n) is 16.6. The van der Waals surface area contributed by atoms with Gasteiger partial charge in [0.05, 0.1) is 27.2 Å². The van der Waals surface area contributed by atoms with Crippen molar-refractivity contribution in [1.29, 1.82) is 5.26 Å². The molecule has 3 aromatic rings. The molecule has 1 unspecified atom stereocenters. The van der Waals surface area contributed by atoms with Crippen LogP contribution in [-0.2, 0) is 0 Å². The Balaban J connectivity index is 2.15. The van der Waals surface area contributed by atoms with Crippen molar-refractivity contribution in [2.45, 2.75) is 19.9 Å². The summed E-state index contributed by atoms with van der Waals surface area (Å²) >= 11 is 6.08. The second-order valence-corrected chi connectivity index (χ2v) is 7.17. The molecule has 0 bridgehead atoms. The van der Waals surface area contributed by atoms with Crippen molar-refractivity contribution in [3.63, 3.8) is 0 Å². The van der Waals surface area contributed by atoms with E-state index < -0.39 is 16.5 Å². The maximum Gasteiger partial charge on any atom is 0.272 e. The molecule has 3 rings (SSSR count). The molecule has 1 aromatic heterocycles. The summed E-state index contributed by atoms with van der Waals surface area (Å²) in [5.41, 5.74) is 0.542. The lowest BCUT2D eigenvalue weighted by molar-refractivity contribution is -0.384. The van der Waals surface area contributed by atoms with Gasteiger partial charge >= 0.3 is 0 Å². The van der Waals surface area contributed by atoms with Gasteiger partial charge in [-0.15, -0.1) is 0 Å². The molecule has 0 amide bonds. The van der Waals surface area contributed by atoms with Crippen molar-refractivity contribution in [2.24, 2.45) is 4.99 Å². The molecule has 0 saturated carbocycles. The van der Waals surface area contributed by atoms with Crippen LogP contribution in [0.3, 0.4) is 0 Å². The lowest BCUT2D eigenvalue weighted by Gasteiger charge is -2.20. The molecular weight excluding hydrogens is 420 g/mol. The largest absolute Gasteiger partial charge is 0.494 e. The summed E-state index contributed by atoms with van der Waals surface area (Å²) < 4.78 is 1.14. The van der Waals surface area contributed by atoms with Crippen LogP contribution in [0.25, 0.3) is 0 Å². The van der Waals surface area contributed by atoms with Crippen LogP contribution in [0.15, 0.2) is 58.3 Å². The van der Waals surface area contributed by atoms with Gasteiger partial charge in [0.1, 0.15) is 11.6 Å². The molecule has 2 aromatic carbocycles. The van der Waals surface area contributed by atoms with E-state index in [1.54, 1.807) is 6.92 Å². The van der Waals surface area contributed by atoms with Gasteiger partial charge in [-0.05, 0) is 31.0 Å². The highest BCUT2D eigenvalue weighted by Gasteiger charge is 2.22. The average molecular weight is 437 g/mol. The second kappa shape index (κ2) is 8.81. The first-order chi connectivity index (χ1) is 14.8. The van der Waals surface area contributed by atoms with Gasteiger partial charge in [-0.3, -0.25) is 24.5 Å². The number of nitro benzene ring substituents is 1. The summed E-state index contributed by atoms with van der Waals surface area (Å²) in [5, 5.41) is 31.4. The minimum atomic E-state index is -0.612.